The number of fused-ring (bicyclic) bond motifs is 1. The van der Waals surface area contributed by atoms with Crippen LogP contribution in [-0.2, 0) is 21.2 Å². The normalized spacial score (nSPS) is 17.6. The van der Waals surface area contributed by atoms with Gasteiger partial charge in [-0.2, -0.15) is 0 Å². The van der Waals surface area contributed by atoms with E-state index in [1.165, 1.54) is 18.3 Å². The summed E-state index contributed by atoms with van der Waals surface area (Å²) in [4.78, 5) is 14.9. The number of benzene rings is 2. The van der Waals surface area contributed by atoms with Crippen LogP contribution in [0.4, 0.5) is 4.39 Å². The number of amides is 1. The maximum absolute atomic E-state index is 13.2. The summed E-state index contributed by atoms with van der Waals surface area (Å²) in [6.45, 7) is 2.87. The molecule has 1 atom stereocenters. The number of halogens is 1. The van der Waals surface area contributed by atoms with Crippen molar-refractivity contribution in [3.05, 3.63) is 60.5 Å². The van der Waals surface area contributed by atoms with Crippen molar-refractivity contribution in [3.8, 4) is 0 Å². The number of likely N-dealkylation sites (tertiary alicyclic amines) is 1. The van der Waals surface area contributed by atoms with E-state index < -0.39 is 15.7 Å². The Morgan fingerprint density at radius 1 is 1.10 bits per heavy atom. The highest BCUT2D eigenvalue weighted by atomic mass is 32.2. The highest BCUT2D eigenvalue weighted by molar-refractivity contribution is 7.91. The van der Waals surface area contributed by atoms with Gasteiger partial charge in [-0.15, -0.1) is 0 Å². The lowest BCUT2D eigenvalue weighted by Crippen LogP contribution is -2.43. The summed E-state index contributed by atoms with van der Waals surface area (Å²) in [6, 6.07) is 12.1. The van der Waals surface area contributed by atoms with Gasteiger partial charge < -0.3 is 9.47 Å². The average Bonchev–Trinajstić information content (AvgIpc) is 3.08. The first kappa shape index (κ1) is 19.6. The lowest BCUT2D eigenvalue weighted by molar-refractivity contribution is -0.135. The van der Waals surface area contributed by atoms with Crippen molar-refractivity contribution in [2.45, 2.75) is 48.6 Å². The molecule has 29 heavy (non-hydrogen) atoms. The van der Waals surface area contributed by atoms with Gasteiger partial charge in [0.1, 0.15) is 12.4 Å². The van der Waals surface area contributed by atoms with Gasteiger partial charge in [0, 0.05) is 29.7 Å². The number of piperidine rings is 1. The number of carbonyl (C=O) groups is 1. The Bertz CT molecular complexity index is 1150. The fraction of sp³-hybridized carbons (Fsp3) is 0.318. The van der Waals surface area contributed by atoms with E-state index in [4.69, 9.17) is 0 Å². The quantitative estimate of drug-likeness (QED) is 0.606. The van der Waals surface area contributed by atoms with Crippen LogP contribution in [0.1, 0.15) is 26.2 Å². The molecule has 1 saturated heterocycles. The van der Waals surface area contributed by atoms with Crippen LogP contribution >= 0.6 is 0 Å². The maximum Gasteiger partial charge on any atom is 0.242 e. The van der Waals surface area contributed by atoms with Crippen LogP contribution in [-0.4, -0.2) is 36.4 Å². The second kappa shape index (κ2) is 7.63. The van der Waals surface area contributed by atoms with Gasteiger partial charge in [0.05, 0.1) is 9.79 Å². The fourth-order valence-corrected chi connectivity index (χ4v) is 5.48. The molecule has 2 heterocycles. The zero-order chi connectivity index (χ0) is 20.6. The molecule has 0 saturated carbocycles. The molecule has 2 aromatic carbocycles. The molecule has 0 bridgehead atoms. The van der Waals surface area contributed by atoms with Gasteiger partial charge in [0.15, 0.2) is 0 Å². The standard InChI is InChI=1S/C22H23FN2O3S/c1-16-6-4-5-13-25(16)22(26)15-24-14-21(19-7-2-3-8-20(19)24)29(27,28)18-11-9-17(23)10-12-18/h2-3,7-12,14,16H,4-6,13,15H2,1H3. The maximum atomic E-state index is 13.2. The second-order valence-electron chi connectivity index (χ2n) is 7.53. The molecule has 1 unspecified atom stereocenters. The van der Waals surface area contributed by atoms with Gasteiger partial charge in [0.25, 0.3) is 0 Å². The number of rotatable bonds is 4. The van der Waals surface area contributed by atoms with Gasteiger partial charge in [-0.05, 0) is 56.5 Å². The monoisotopic (exact) mass is 414 g/mol. The zero-order valence-electron chi connectivity index (χ0n) is 16.2. The third kappa shape index (κ3) is 3.67. The van der Waals surface area contributed by atoms with Crippen molar-refractivity contribution in [2.75, 3.05) is 6.54 Å². The summed E-state index contributed by atoms with van der Waals surface area (Å²) in [5.74, 6) is -0.503. The second-order valence-corrected chi connectivity index (χ2v) is 9.45. The van der Waals surface area contributed by atoms with Gasteiger partial charge in [-0.1, -0.05) is 18.2 Å². The Morgan fingerprint density at radius 3 is 2.55 bits per heavy atom. The van der Waals surface area contributed by atoms with Crippen LogP contribution < -0.4 is 0 Å². The molecule has 0 N–H and O–H groups in total. The van der Waals surface area contributed by atoms with Crippen molar-refractivity contribution < 1.29 is 17.6 Å². The minimum Gasteiger partial charge on any atom is -0.338 e. The molecule has 3 aromatic rings. The largest absolute Gasteiger partial charge is 0.338 e. The Kier molecular flexibility index (Phi) is 5.17. The number of aromatic nitrogens is 1. The number of hydrogen-bond donors (Lipinski definition) is 0. The predicted molar refractivity (Wildman–Crippen MR) is 109 cm³/mol. The number of sulfone groups is 1. The third-order valence-electron chi connectivity index (χ3n) is 5.59. The molecule has 5 nitrogen and oxygen atoms in total. The summed E-state index contributed by atoms with van der Waals surface area (Å²) in [5, 5.41) is 0.552. The summed E-state index contributed by atoms with van der Waals surface area (Å²) in [6.07, 6.45) is 4.63. The Morgan fingerprint density at radius 2 is 1.83 bits per heavy atom. The van der Waals surface area contributed by atoms with Crippen molar-refractivity contribution in [1.82, 2.24) is 9.47 Å². The lowest BCUT2D eigenvalue weighted by Gasteiger charge is -2.33. The molecule has 0 aliphatic carbocycles. The minimum absolute atomic E-state index is 0.0105. The van der Waals surface area contributed by atoms with Crippen LogP contribution in [0.3, 0.4) is 0 Å². The van der Waals surface area contributed by atoms with Crippen molar-refractivity contribution in [2.24, 2.45) is 0 Å². The van der Waals surface area contributed by atoms with E-state index >= 15 is 0 Å². The number of para-hydroxylation sites is 1. The molecule has 152 valence electrons. The van der Waals surface area contributed by atoms with Crippen molar-refractivity contribution >= 4 is 26.6 Å². The summed E-state index contributed by atoms with van der Waals surface area (Å²) >= 11 is 0. The van der Waals surface area contributed by atoms with E-state index in [-0.39, 0.29) is 28.3 Å². The van der Waals surface area contributed by atoms with E-state index in [1.54, 1.807) is 16.7 Å². The summed E-state index contributed by atoms with van der Waals surface area (Å²) in [5.41, 5.74) is 0.686. The Balaban J connectivity index is 1.74. The van der Waals surface area contributed by atoms with Crippen LogP contribution in [0, 0.1) is 5.82 Å². The smallest absolute Gasteiger partial charge is 0.242 e. The molecule has 4 rings (SSSR count). The molecular weight excluding hydrogens is 391 g/mol. The molecular formula is C22H23FN2O3S. The van der Waals surface area contributed by atoms with Crippen LogP contribution in [0.2, 0.25) is 0 Å². The van der Waals surface area contributed by atoms with Crippen LogP contribution in [0.25, 0.3) is 10.9 Å². The Labute approximate surface area is 169 Å². The van der Waals surface area contributed by atoms with Crippen molar-refractivity contribution in [3.63, 3.8) is 0 Å². The highest BCUT2D eigenvalue weighted by Gasteiger charge is 2.26. The summed E-state index contributed by atoms with van der Waals surface area (Å²) < 4.78 is 41.3. The molecule has 1 aliphatic rings. The fourth-order valence-electron chi connectivity index (χ4n) is 4.00. The van der Waals surface area contributed by atoms with E-state index in [9.17, 15) is 17.6 Å². The van der Waals surface area contributed by atoms with Gasteiger partial charge in [-0.25, -0.2) is 12.8 Å². The highest BCUT2D eigenvalue weighted by Crippen LogP contribution is 2.30. The number of carbonyl (C=O) groups excluding carboxylic acids is 1. The molecule has 0 radical (unpaired) electrons. The number of nitrogens with zero attached hydrogens (tertiary/aromatic N) is 2. The molecule has 7 heteroatoms. The van der Waals surface area contributed by atoms with Gasteiger partial charge >= 0.3 is 0 Å². The first-order valence-corrected chi connectivity index (χ1v) is 11.2. The predicted octanol–water partition coefficient (Wildman–Crippen LogP) is 4.01. The van der Waals surface area contributed by atoms with Gasteiger partial charge in [0.2, 0.25) is 15.7 Å². The zero-order valence-corrected chi connectivity index (χ0v) is 17.0. The van der Waals surface area contributed by atoms with Crippen molar-refractivity contribution in [1.29, 1.82) is 0 Å². The molecule has 0 spiro atoms. The van der Waals surface area contributed by atoms with Crippen LogP contribution in [0.5, 0.6) is 0 Å². The van der Waals surface area contributed by atoms with E-state index in [0.29, 0.717) is 10.9 Å². The average molecular weight is 415 g/mol. The molecule has 1 fully saturated rings. The Hall–Kier alpha value is -2.67. The van der Waals surface area contributed by atoms with E-state index in [1.807, 2.05) is 17.0 Å². The minimum atomic E-state index is -3.85. The first-order chi connectivity index (χ1) is 13.9. The van der Waals surface area contributed by atoms with E-state index in [0.717, 1.165) is 37.9 Å². The topological polar surface area (TPSA) is 59.4 Å². The first-order valence-electron chi connectivity index (χ1n) is 9.76. The van der Waals surface area contributed by atoms with Gasteiger partial charge in [-0.3, -0.25) is 4.79 Å². The summed E-state index contributed by atoms with van der Waals surface area (Å²) in [7, 11) is -3.85. The SMILES string of the molecule is CC1CCCCN1C(=O)Cn1cc(S(=O)(=O)c2ccc(F)cc2)c2ccccc21. The number of hydrogen-bond acceptors (Lipinski definition) is 3. The van der Waals surface area contributed by atoms with Crippen LogP contribution in [0.15, 0.2) is 64.5 Å². The van der Waals surface area contributed by atoms with E-state index in [2.05, 4.69) is 6.92 Å². The molecule has 1 aliphatic heterocycles. The lowest BCUT2D eigenvalue weighted by atomic mass is 10.0. The molecule has 1 amide bonds. The third-order valence-corrected chi connectivity index (χ3v) is 7.39. The molecule has 1 aromatic heterocycles.